The molecule has 2 N–H and O–H groups in total. The lowest BCUT2D eigenvalue weighted by Crippen LogP contribution is -2.39. The predicted molar refractivity (Wildman–Crippen MR) is 125 cm³/mol. The summed E-state index contributed by atoms with van der Waals surface area (Å²) in [5, 5.41) is 12.7. The summed E-state index contributed by atoms with van der Waals surface area (Å²) >= 11 is 0. The largest absolute Gasteiger partial charge is 0.497 e. The van der Waals surface area contributed by atoms with E-state index in [9.17, 15) is 18.7 Å². The molecule has 0 amide bonds. The van der Waals surface area contributed by atoms with Crippen LogP contribution in [0.4, 0.5) is 8.78 Å². The average molecular weight is 455 g/mol. The lowest BCUT2D eigenvalue weighted by Gasteiger charge is -2.32. The molecule has 7 heteroatoms. The number of fused-ring (bicyclic) bond motifs is 1. The Hall–Kier alpha value is -3.19. The Kier molecular flexibility index (Phi) is 6.79. The van der Waals surface area contributed by atoms with Crippen LogP contribution in [0.5, 0.6) is 5.75 Å². The molecule has 0 bridgehead atoms. The number of aromatic nitrogens is 1. The van der Waals surface area contributed by atoms with Crippen molar-refractivity contribution in [1.82, 2.24) is 9.88 Å². The number of rotatable bonds is 7. The molecule has 2 atom stereocenters. The van der Waals surface area contributed by atoms with Crippen LogP contribution in [-0.2, 0) is 6.54 Å². The monoisotopic (exact) mass is 454 g/mol. The second-order valence-electron chi connectivity index (χ2n) is 8.56. The maximum atomic E-state index is 14.8. The molecule has 3 aromatic rings. The van der Waals surface area contributed by atoms with Crippen LogP contribution in [-0.4, -0.2) is 29.4 Å². The fourth-order valence-corrected chi connectivity index (χ4v) is 4.64. The molecule has 1 unspecified atom stereocenters. The molecule has 1 aromatic heterocycles. The third kappa shape index (κ3) is 4.64. The quantitative estimate of drug-likeness (QED) is 0.554. The average Bonchev–Trinajstić information content (AvgIpc) is 2.83. The Morgan fingerprint density at radius 2 is 1.85 bits per heavy atom. The van der Waals surface area contributed by atoms with Crippen molar-refractivity contribution in [3.05, 3.63) is 82.2 Å². The molecule has 1 saturated carbocycles. The van der Waals surface area contributed by atoms with E-state index in [0.717, 1.165) is 43.4 Å². The lowest BCUT2D eigenvalue weighted by atomic mass is 9.85. The fraction of sp³-hybridized carbons (Fsp3) is 0.346. The van der Waals surface area contributed by atoms with Crippen LogP contribution >= 0.6 is 0 Å². The molecule has 4 rings (SSSR count). The van der Waals surface area contributed by atoms with Gasteiger partial charge in [-0.25, -0.2) is 8.78 Å². The standard InChI is InChI=1S/C26H28F2N2O3/c1-16(29-23-6-4-3-5-18(23)15-31)20-14-30(13-17-7-9-19(33-2)10-8-17)25-22(28)12-11-21(27)24(25)26(20)32/h7-12,14,18,23,29,31H,1,3-6,13,15H2,2H3/t18-,23?/m1/s1. The summed E-state index contributed by atoms with van der Waals surface area (Å²) < 4.78 is 36.3. The number of hydrogen-bond acceptors (Lipinski definition) is 4. The van der Waals surface area contributed by atoms with Crippen molar-refractivity contribution in [3.8, 4) is 5.75 Å². The van der Waals surface area contributed by atoms with Crippen molar-refractivity contribution in [3.63, 3.8) is 0 Å². The Labute approximate surface area is 191 Å². The maximum absolute atomic E-state index is 14.8. The van der Waals surface area contributed by atoms with E-state index >= 15 is 0 Å². The highest BCUT2D eigenvalue weighted by molar-refractivity contribution is 5.84. The van der Waals surface area contributed by atoms with Crippen LogP contribution in [0.25, 0.3) is 16.6 Å². The van der Waals surface area contributed by atoms with Crippen LogP contribution in [0.2, 0.25) is 0 Å². The van der Waals surface area contributed by atoms with Crippen LogP contribution in [0.1, 0.15) is 36.8 Å². The normalized spacial score (nSPS) is 18.3. The minimum Gasteiger partial charge on any atom is -0.497 e. The van der Waals surface area contributed by atoms with Gasteiger partial charge in [-0.1, -0.05) is 31.6 Å². The highest BCUT2D eigenvalue weighted by Crippen LogP contribution is 2.27. The van der Waals surface area contributed by atoms with Crippen LogP contribution in [0, 0.1) is 17.6 Å². The fourth-order valence-electron chi connectivity index (χ4n) is 4.64. The molecule has 1 heterocycles. The molecule has 1 fully saturated rings. The highest BCUT2D eigenvalue weighted by Gasteiger charge is 2.26. The van der Waals surface area contributed by atoms with Gasteiger partial charge >= 0.3 is 0 Å². The topological polar surface area (TPSA) is 63.5 Å². The van der Waals surface area contributed by atoms with E-state index in [2.05, 4.69) is 11.9 Å². The number of halogens is 2. The zero-order valence-electron chi connectivity index (χ0n) is 18.6. The molecule has 174 valence electrons. The van der Waals surface area contributed by atoms with E-state index in [1.165, 1.54) is 6.20 Å². The predicted octanol–water partition coefficient (Wildman–Crippen LogP) is 4.45. The number of hydrogen-bond donors (Lipinski definition) is 2. The first-order valence-electron chi connectivity index (χ1n) is 11.1. The molecule has 2 aromatic carbocycles. The molecule has 0 aliphatic heterocycles. The minimum absolute atomic E-state index is 0.0289. The first kappa shape index (κ1) is 23.0. The molecule has 1 aliphatic rings. The van der Waals surface area contributed by atoms with Gasteiger partial charge in [0.15, 0.2) is 0 Å². The molecule has 0 radical (unpaired) electrons. The molecule has 1 aliphatic carbocycles. The Bertz CT molecular complexity index is 1220. The number of benzene rings is 2. The molecule has 5 nitrogen and oxygen atoms in total. The summed E-state index contributed by atoms with van der Waals surface area (Å²) in [6.07, 6.45) is 5.33. The summed E-state index contributed by atoms with van der Waals surface area (Å²) in [7, 11) is 1.57. The van der Waals surface area contributed by atoms with Gasteiger partial charge in [0.1, 0.15) is 17.4 Å². The smallest absolute Gasteiger partial charge is 0.201 e. The molecule has 0 saturated heterocycles. The van der Waals surface area contributed by atoms with Gasteiger partial charge in [0.2, 0.25) is 5.43 Å². The summed E-state index contributed by atoms with van der Waals surface area (Å²) in [5.74, 6) is -0.702. The molecular weight excluding hydrogens is 426 g/mol. The van der Waals surface area contributed by atoms with E-state index in [-0.39, 0.29) is 41.6 Å². The van der Waals surface area contributed by atoms with Crippen LogP contribution < -0.4 is 15.5 Å². The number of pyridine rings is 1. The number of methoxy groups -OCH3 is 1. The number of ether oxygens (including phenoxy) is 1. The molecular formula is C26H28F2N2O3. The number of aliphatic hydroxyl groups is 1. The van der Waals surface area contributed by atoms with Crippen LogP contribution in [0.3, 0.4) is 0 Å². The number of aliphatic hydroxyl groups excluding tert-OH is 1. The van der Waals surface area contributed by atoms with Gasteiger partial charge in [-0.2, -0.15) is 0 Å². The van der Waals surface area contributed by atoms with Gasteiger partial charge in [0.05, 0.1) is 23.6 Å². The SMILES string of the molecule is C=C(NC1CCCC[C@@H]1CO)c1cn(Cc2ccc(OC)cc2)c2c(F)ccc(F)c2c1=O. The minimum atomic E-state index is -0.777. The Balaban J connectivity index is 1.78. The second-order valence-corrected chi connectivity index (χ2v) is 8.56. The summed E-state index contributed by atoms with van der Waals surface area (Å²) in [4.78, 5) is 13.2. The van der Waals surface area contributed by atoms with Gasteiger partial charge < -0.3 is 19.7 Å². The van der Waals surface area contributed by atoms with Gasteiger partial charge in [-0.05, 0) is 42.7 Å². The molecule has 0 spiro atoms. The van der Waals surface area contributed by atoms with Crippen LogP contribution in [0.15, 0.2) is 54.0 Å². The van der Waals surface area contributed by atoms with Gasteiger partial charge in [0.25, 0.3) is 0 Å². The van der Waals surface area contributed by atoms with E-state index in [1.54, 1.807) is 23.8 Å². The first-order chi connectivity index (χ1) is 15.9. The summed E-state index contributed by atoms with van der Waals surface area (Å²) in [5.41, 5.74) is 0.670. The Morgan fingerprint density at radius 3 is 2.55 bits per heavy atom. The van der Waals surface area contributed by atoms with Gasteiger partial charge in [0, 0.05) is 37.0 Å². The van der Waals surface area contributed by atoms with Crippen molar-refractivity contribution >= 4 is 16.6 Å². The van der Waals surface area contributed by atoms with E-state index in [1.807, 2.05) is 12.1 Å². The van der Waals surface area contributed by atoms with Gasteiger partial charge in [-0.15, -0.1) is 0 Å². The zero-order valence-corrected chi connectivity index (χ0v) is 18.6. The second kappa shape index (κ2) is 9.75. The van der Waals surface area contributed by atoms with E-state index < -0.39 is 17.1 Å². The summed E-state index contributed by atoms with van der Waals surface area (Å²) in [6, 6.07) is 9.22. The van der Waals surface area contributed by atoms with Gasteiger partial charge in [-0.3, -0.25) is 4.79 Å². The zero-order chi connectivity index (χ0) is 23.5. The third-order valence-corrected chi connectivity index (χ3v) is 6.46. The van der Waals surface area contributed by atoms with Crippen molar-refractivity contribution < 1.29 is 18.6 Å². The lowest BCUT2D eigenvalue weighted by molar-refractivity contribution is 0.161. The van der Waals surface area contributed by atoms with Crippen molar-refractivity contribution in [2.75, 3.05) is 13.7 Å². The molecule has 33 heavy (non-hydrogen) atoms. The number of nitrogens with zero attached hydrogens (tertiary/aromatic N) is 1. The van der Waals surface area contributed by atoms with E-state index in [4.69, 9.17) is 4.74 Å². The highest BCUT2D eigenvalue weighted by atomic mass is 19.1. The number of nitrogens with one attached hydrogen (secondary N) is 1. The summed E-state index contributed by atoms with van der Waals surface area (Å²) in [6.45, 7) is 4.31. The van der Waals surface area contributed by atoms with Crippen molar-refractivity contribution in [2.45, 2.75) is 38.3 Å². The first-order valence-corrected chi connectivity index (χ1v) is 11.1. The third-order valence-electron chi connectivity index (χ3n) is 6.46. The van der Waals surface area contributed by atoms with Crippen molar-refractivity contribution in [2.24, 2.45) is 5.92 Å². The van der Waals surface area contributed by atoms with Crippen molar-refractivity contribution in [1.29, 1.82) is 0 Å². The Morgan fingerprint density at radius 1 is 1.15 bits per heavy atom. The maximum Gasteiger partial charge on any atom is 0.201 e. The van der Waals surface area contributed by atoms with E-state index in [0.29, 0.717) is 11.4 Å².